The summed E-state index contributed by atoms with van der Waals surface area (Å²) in [6.45, 7) is 0.804. The topological polar surface area (TPSA) is 49.8 Å². The van der Waals surface area contributed by atoms with Gasteiger partial charge in [-0.15, -0.1) is 0 Å². The van der Waals surface area contributed by atoms with Crippen LogP contribution in [0.1, 0.15) is 23.7 Å². The van der Waals surface area contributed by atoms with Gasteiger partial charge in [-0.1, -0.05) is 24.3 Å². The molecule has 1 aromatic carbocycles. The van der Waals surface area contributed by atoms with Gasteiger partial charge in [0.1, 0.15) is 0 Å². The number of carbonyl (C=O) groups is 1. The summed E-state index contributed by atoms with van der Waals surface area (Å²) in [4.78, 5) is 13.1. The third-order valence-electron chi connectivity index (χ3n) is 2.42. The van der Waals surface area contributed by atoms with Crippen molar-refractivity contribution >= 4 is 5.97 Å². The van der Waals surface area contributed by atoms with Crippen LogP contribution in [0.3, 0.4) is 0 Å². The molecule has 0 aliphatic rings. The van der Waals surface area contributed by atoms with Gasteiger partial charge >= 0.3 is 5.97 Å². The number of ether oxygens (including phenoxy) is 1. The molecule has 0 unspecified atom stereocenters. The number of aliphatic hydroxyl groups excluding tert-OH is 1. The zero-order chi connectivity index (χ0) is 12.8. The second-order valence-electron chi connectivity index (χ2n) is 4.28. The molecule has 0 saturated carbocycles. The molecule has 4 heteroatoms. The molecule has 4 nitrogen and oxygen atoms in total. The highest BCUT2D eigenvalue weighted by molar-refractivity contribution is 5.70. The molecular weight excluding hydrogens is 218 g/mol. The van der Waals surface area contributed by atoms with Gasteiger partial charge in [0.05, 0.1) is 19.6 Å². The van der Waals surface area contributed by atoms with E-state index in [1.165, 1.54) is 7.11 Å². The Morgan fingerprint density at radius 1 is 1.47 bits per heavy atom. The van der Waals surface area contributed by atoms with Crippen LogP contribution in [-0.4, -0.2) is 37.2 Å². The molecule has 0 aliphatic carbocycles. The number of rotatable bonds is 5. The van der Waals surface area contributed by atoms with E-state index >= 15 is 0 Å². The van der Waals surface area contributed by atoms with E-state index in [1.54, 1.807) is 0 Å². The first kappa shape index (κ1) is 13.7. The van der Waals surface area contributed by atoms with Crippen molar-refractivity contribution < 1.29 is 14.6 Å². The Hall–Kier alpha value is -1.39. The molecule has 0 fully saturated rings. The Morgan fingerprint density at radius 2 is 2.18 bits per heavy atom. The summed E-state index contributed by atoms with van der Waals surface area (Å²) in [5.74, 6) is -0.407. The SMILES string of the molecule is COC(=O)C[C@H](O)c1cccc(CN(C)C)c1. The first-order valence-electron chi connectivity index (χ1n) is 5.51. The third-order valence-corrected chi connectivity index (χ3v) is 2.42. The predicted molar refractivity (Wildman–Crippen MR) is 65.4 cm³/mol. The van der Waals surface area contributed by atoms with Crippen LogP contribution < -0.4 is 0 Å². The number of hydrogen-bond acceptors (Lipinski definition) is 4. The highest BCUT2D eigenvalue weighted by Crippen LogP contribution is 2.18. The van der Waals surface area contributed by atoms with Crippen molar-refractivity contribution in [3.63, 3.8) is 0 Å². The van der Waals surface area contributed by atoms with Gasteiger partial charge in [0.15, 0.2) is 0 Å². The summed E-state index contributed by atoms with van der Waals surface area (Å²) in [6, 6.07) is 7.60. The number of carbonyl (C=O) groups excluding carboxylic acids is 1. The molecule has 0 spiro atoms. The Balaban J connectivity index is 2.73. The van der Waals surface area contributed by atoms with Gasteiger partial charge in [-0.2, -0.15) is 0 Å². The lowest BCUT2D eigenvalue weighted by Crippen LogP contribution is -2.12. The van der Waals surface area contributed by atoms with Crippen LogP contribution in [0.5, 0.6) is 0 Å². The zero-order valence-electron chi connectivity index (χ0n) is 10.5. The average molecular weight is 237 g/mol. The Labute approximate surface area is 102 Å². The zero-order valence-corrected chi connectivity index (χ0v) is 10.5. The Morgan fingerprint density at radius 3 is 2.76 bits per heavy atom. The molecule has 0 amide bonds. The molecule has 0 aromatic heterocycles. The van der Waals surface area contributed by atoms with Gasteiger partial charge < -0.3 is 14.7 Å². The monoisotopic (exact) mass is 237 g/mol. The first-order valence-corrected chi connectivity index (χ1v) is 5.51. The van der Waals surface area contributed by atoms with Crippen LogP contribution in [0.25, 0.3) is 0 Å². The van der Waals surface area contributed by atoms with Crippen LogP contribution in [-0.2, 0) is 16.1 Å². The molecule has 0 bridgehead atoms. The van der Waals surface area contributed by atoms with E-state index in [-0.39, 0.29) is 6.42 Å². The van der Waals surface area contributed by atoms with Crippen LogP contribution in [0.15, 0.2) is 24.3 Å². The van der Waals surface area contributed by atoms with E-state index in [9.17, 15) is 9.90 Å². The average Bonchev–Trinajstić information content (AvgIpc) is 2.28. The molecule has 94 valence electrons. The molecule has 1 N–H and O–H groups in total. The van der Waals surface area contributed by atoms with Crippen LogP contribution >= 0.6 is 0 Å². The lowest BCUT2D eigenvalue weighted by atomic mass is 10.0. The standard InChI is InChI=1S/C13H19NO3/c1-14(2)9-10-5-4-6-11(7-10)12(15)8-13(16)17-3/h4-7,12,15H,8-9H2,1-3H3/t12-/m0/s1. The molecule has 1 atom stereocenters. The van der Waals surface area contributed by atoms with Crippen LogP contribution in [0.4, 0.5) is 0 Å². The molecule has 0 saturated heterocycles. The van der Waals surface area contributed by atoms with Crippen LogP contribution in [0.2, 0.25) is 0 Å². The normalized spacial score (nSPS) is 12.5. The van der Waals surface area contributed by atoms with Crippen molar-refractivity contribution in [2.75, 3.05) is 21.2 Å². The largest absolute Gasteiger partial charge is 0.469 e. The summed E-state index contributed by atoms with van der Waals surface area (Å²) in [5, 5.41) is 9.87. The first-order chi connectivity index (χ1) is 8.02. The third kappa shape index (κ3) is 4.54. The van der Waals surface area contributed by atoms with Gasteiger partial charge in [0, 0.05) is 6.54 Å². The molecule has 0 aliphatic heterocycles. The van der Waals surface area contributed by atoms with Gasteiger partial charge in [-0.3, -0.25) is 4.79 Å². The minimum absolute atomic E-state index is 0.0120. The van der Waals surface area contributed by atoms with Crippen molar-refractivity contribution in [2.45, 2.75) is 19.1 Å². The van der Waals surface area contributed by atoms with Gasteiger partial charge in [0.25, 0.3) is 0 Å². The molecule has 0 radical (unpaired) electrons. The lowest BCUT2D eigenvalue weighted by Gasteiger charge is -2.13. The minimum atomic E-state index is -0.801. The van der Waals surface area contributed by atoms with E-state index < -0.39 is 12.1 Å². The number of methoxy groups -OCH3 is 1. The summed E-state index contributed by atoms with van der Waals surface area (Å²) in [5.41, 5.74) is 1.85. The minimum Gasteiger partial charge on any atom is -0.469 e. The van der Waals surface area contributed by atoms with E-state index in [2.05, 4.69) is 4.74 Å². The fourth-order valence-electron chi connectivity index (χ4n) is 1.62. The Kier molecular flexibility index (Phi) is 5.12. The highest BCUT2D eigenvalue weighted by atomic mass is 16.5. The second kappa shape index (κ2) is 6.37. The van der Waals surface area contributed by atoms with E-state index in [4.69, 9.17) is 0 Å². The van der Waals surface area contributed by atoms with Gasteiger partial charge in [0.2, 0.25) is 0 Å². The maximum atomic E-state index is 11.1. The summed E-state index contributed by atoms with van der Waals surface area (Å²) >= 11 is 0. The number of esters is 1. The van der Waals surface area contributed by atoms with Crippen molar-refractivity contribution in [1.29, 1.82) is 0 Å². The quantitative estimate of drug-likeness (QED) is 0.785. The molecule has 17 heavy (non-hydrogen) atoms. The van der Waals surface area contributed by atoms with Gasteiger partial charge in [-0.25, -0.2) is 0 Å². The van der Waals surface area contributed by atoms with Crippen molar-refractivity contribution in [2.24, 2.45) is 0 Å². The lowest BCUT2D eigenvalue weighted by molar-refractivity contribution is -0.142. The molecule has 1 rings (SSSR count). The summed E-state index contributed by atoms with van der Waals surface area (Å²) < 4.78 is 4.53. The summed E-state index contributed by atoms with van der Waals surface area (Å²) in [7, 11) is 5.28. The van der Waals surface area contributed by atoms with Gasteiger partial charge in [-0.05, 0) is 25.2 Å². The predicted octanol–water partition coefficient (Wildman–Crippen LogP) is 1.34. The smallest absolute Gasteiger partial charge is 0.308 e. The highest BCUT2D eigenvalue weighted by Gasteiger charge is 2.13. The fourth-order valence-corrected chi connectivity index (χ4v) is 1.62. The molecule has 0 heterocycles. The maximum absolute atomic E-state index is 11.1. The van der Waals surface area contributed by atoms with Crippen LogP contribution in [0, 0.1) is 0 Å². The van der Waals surface area contributed by atoms with Crippen molar-refractivity contribution in [1.82, 2.24) is 4.90 Å². The van der Waals surface area contributed by atoms with E-state index in [1.807, 2.05) is 43.3 Å². The number of hydrogen-bond donors (Lipinski definition) is 1. The van der Waals surface area contributed by atoms with Crippen molar-refractivity contribution in [3.8, 4) is 0 Å². The summed E-state index contributed by atoms with van der Waals surface area (Å²) in [6.07, 6.45) is -0.813. The molecule has 1 aromatic rings. The second-order valence-corrected chi connectivity index (χ2v) is 4.28. The fraction of sp³-hybridized carbons (Fsp3) is 0.462. The van der Waals surface area contributed by atoms with E-state index in [0.717, 1.165) is 17.7 Å². The Bertz CT molecular complexity index is 377. The van der Waals surface area contributed by atoms with E-state index in [0.29, 0.717) is 0 Å². The number of nitrogens with zero attached hydrogens (tertiary/aromatic N) is 1. The van der Waals surface area contributed by atoms with Crippen molar-refractivity contribution in [3.05, 3.63) is 35.4 Å². The number of benzene rings is 1. The molecular formula is C13H19NO3. The number of aliphatic hydroxyl groups is 1. The maximum Gasteiger partial charge on any atom is 0.308 e.